The zero-order valence-corrected chi connectivity index (χ0v) is 10.8. The van der Waals surface area contributed by atoms with Gasteiger partial charge in [0.25, 0.3) is 0 Å². The minimum atomic E-state index is -1.19. The van der Waals surface area contributed by atoms with Gasteiger partial charge in [0.05, 0.1) is 12.6 Å². The second kappa shape index (κ2) is 5.11. The fraction of sp³-hybridized carbons (Fsp3) is 0.462. The maximum atomic E-state index is 13.8. The molecule has 0 bridgehead atoms. The lowest BCUT2D eigenvalue weighted by atomic mass is 10.0. The van der Waals surface area contributed by atoms with E-state index in [-0.39, 0.29) is 18.2 Å². The first-order valence-corrected chi connectivity index (χ1v) is 6.18. The van der Waals surface area contributed by atoms with E-state index in [9.17, 15) is 13.2 Å². The number of rotatable bonds is 3. The third-order valence-electron chi connectivity index (χ3n) is 3.49. The van der Waals surface area contributed by atoms with Gasteiger partial charge in [0.15, 0.2) is 17.6 Å². The highest BCUT2D eigenvalue weighted by Crippen LogP contribution is 2.31. The van der Waals surface area contributed by atoms with Gasteiger partial charge in [0.2, 0.25) is 0 Å². The molecule has 0 amide bonds. The Balaban J connectivity index is 2.39. The van der Waals surface area contributed by atoms with Crippen LogP contribution in [0.1, 0.15) is 31.9 Å². The second-order valence-corrected chi connectivity index (χ2v) is 4.67. The third kappa shape index (κ3) is 2.39. The van der Waals surface area contributed by atoms with Gasteiger partial charge in [-0.1, -0.05) is 6.92 Å². The number of nitrogens with two attached hydrogens (primary N) is 1. The van der Waals surface area contributed by atoms with Crippen molar-refractivity contribution in [2.24, 2.45) is 10.7 Å². The highest BCUT2D eigenvalue weighted by Gasteiger charge is 2.32. The molecule has 1 heterocycles. The molecule has 1 aromatic rings. The van der Waals surface area contributed by atoms with Crippen LogP contribution in [0, 0.1) is 17.5 Å². The maximum absolute atomic E-state index is 13.8. The fourth-order valence-corrected chi connectivity index (χ4v) is 2.28. The molecule has 1 aliphatic heterocycles. The van der Waals surface area contributed by atoms with E-state index < -0.39 is 23.5 Å². The summed E-state index contributed by atoms with van der Waals surface area (Å²) in [7, 11) is 0. The van der Waals surface area contributed by atoms with Gasteiger partial charge in [-0.2, -0.15) is 0 Å². The predicted molar refractivity (Wildman–Crippen MR) is 67.1 cm³/mol. The van der Waals surface area contributed by atoms with Crippen molar-refractivity contribution in [1.82, 2.24) is 4.90 Å². The molecule has 1 aliphatic rings. The van der Waals surface area contributed by atoms with E-state index in [0.29, 0.717) is 12.0 Å². The molecule has 2 N–H and O–H groups in total. The van der Waals surface area contributed by atoms with Gasteiger partial charge in [0.1, 0.15) is 5.82 Å². The van der Waals surface area contributed by atoms with Crippen molar-refractivity contribution >= 4 is 5.96 Å². The summed E-state index contributed by atoms with van der Waals surface area (Å²) in [6.45, 7) is 4.14. The Morgan fingerprint density at radius 2 is 1.95 bits per heavy atom. The number of hydrogen-bond donors (Lipinski definition) is 1. The summed E-state index contributed by atoms with van der Waals surface area (Å²) in [5.41, 5.74) is 5.87. The lowest BCUT2D eigenvalue weighted by Gasteiger charge is -2.32. The van der Waals surface area contributed by atoms with Gasteiger partial charge in [0, 0.05) is 17.7 Å². The monoisotopic (exact) mass is 271 g/mol. The minimum absolute atomic E-state index is 0.0452. The molecule has 3 nitrogen and oxygen atoms in total. The van der Waals surface area contributed by atoms with E-state index >= 15 is 0 Å². The van der Waals surface area contributed by atoms with Gasteiger partial charge < -0.3 is 10.6 Å². The normalized spacial score (nSPS) is 20.6. The van der Waals surface area contributed by atoms with Crippen LogP contribution in [0.25, 0.3) is 0 Å². The van der Waals surface area contributed by atoms with Crippen molar-refractivity contribution in [2.75, 3.05) is 6.54 Å². The highest BCUT2D eigenvalue weighted by molar-refractivity contribution is 5.80. The average Bonchev–Trinajstić information content (AvgIpc) is 2.74. The van der Waals surface area contributed by atoms with Crippen LogP contribution in [0.5, 0.6) is 0 Å². The molecule has 2 unspecified atom stereocenters. The van der Waals surface area contributed by atoms with Crippen molar-refractivity contribution in [3.05, 3.63) is 35.1 Å². The van der Waals surface area contributed by atoms with Crippen LogP contribution < -0.4 is 5.73 Å². The molecule has 0 spiro atoms. The summed E-state index contributed by atoms with van der Waals surface area (Å²) in [6.07, 6.45) is 0.790. The standard InChI is InChI=1S/C13H16F3N3/c1-3-7(2)19-12(6-18-13(19)17)8-4-10(15)11(16)5-9(8)14/h4-5,7,12H,3,6H2,1-2H3,(H2,17,18). The Bertz CT molecular complexity index is 516. The van der Waals surface area contributed by atoms with Gasteiger partial charge in [-0.15, -0.1) is 0 Å². The van der Waals surface area contributed by atoms with Crippen LogP contribution in [0.2, 0.25) is 0 Å². The summed E-state index contributed by atoms with van der Waals surface area (Å²) in [5, 5.41) is 0. The largest absolute Gasteiger partial charge is 0.370 e. The Morgan fingerprint density at radius 1 is 1.32 bits per heavy atom. The number of aliphatic imine (C=N–C) groups is 1. The molecule has 0 saturated heterocycles. The van der Waals surface area contributed by atoms with Gasteiger partial charge >= 0.3 is 0 Å². The van der Waals surface area contributed by atoms with Crippen LogP contribution >= 0.6 is 0 Å². The van der Waals surface area contributed by atoms with E-state index in [1.807, 2.05) is 13.8 Å². The van der Waals surface area contributed by atoms with E-state index in [0.717, 1.165) is 12.5 Å². The molecule has 0 radical (unpaired) electrons. The Morgan fingerprint density at radius 3 is 2.58 bits per heavy atom. The molecule has 2 atom stereocenters. The lowest BCUT2D eigenvalue weighted by Crippen LogP contribution is -2.42. The number of halogens is 3. The molecule has 19 heavy (non-hydrogen) atoms. The Labute approximate surface area is 109 Å². The van der Waals surface area contributed by atoms with Crippen LogP contribution in [-0.2, 0) is 0 Å². The SMILES string of the molecule is CCC(C)N1C(N)=NCC1c1cc(F)c(F)cc1F. The van der Waals surface area contributed by atoms with Crippen LogP contribution in [0.4, 0.5) is 13.2 Å². The molecule has 0 aromatic heterocycles. The first-order valence-electron chi connectivity index (χ1n) is 6.18. The lowest BCUT2D eigenvalue weighted by molar-refractivity contribution is 0.262. The van der Waals surface area contributed by atoms with Crippen molar-refractivity contribution in [3.63, 3.8) is 0 Å². The average molecular weight is 271 g/mol. The van der Waals surface area contributed by atoms with Crippen molar-refractivity contribution in [1.29, 1.82) is 0 Å². The summed E-state index contributed by atoms with van der Waals surface area (Å²) in [4.78, 5) is 5.82. The minimum Gasteiger partial charge on any atom is -0.370 e. The molecule has 2 rings (SSSR count). The van der Waals surface area contributed by atoms with Gasteiger partial charge in [-0.25, -0.2) is 13.2 Å². The summed E-state index contributed by atoms with van der Waals surface area (Å²) in [5.74, 6) is -2.72. The summed E-state index contributed by atoms with van der Waals surface area (Å²) >= 11 is 0. The van der Waals surface area contributed by atoms with E-state index in [4.69, 9.17) is 5.73 Å². The van der Waals surface area contributed by atoms with E-state index in [1.54, 1.807) is 4.90 Å². The van der Waals surface area contributed by atoms with E-state index in [1.165, 1.54) is 0 Å². The molecule has 6 heteroatoms. The molecular weight excluding hydrogens is 255 g/mol. The zero-order valence-electron chi connectivity index (χ0n) is 10.8. The smallest absolute Gasteiger partial charge is 0.192 e. The third-order valence-corrected chi connectivity index (χ3v) is 3.49. The second-order valence-electron chi connectivity index (χ2n) is 4.67. The van der Waals surface area contributed by atoms with Crippen molar-refractivity contribution < 1.29 is 13.2 Å². The molecule has 0 saturated carbocycles. The molecule has 1 aromatic carbocycles. The number of nitrogens with zero attached hydrogens (tertiary/aromatic N) is 2. The van der Waals surface area contributed by atoms with Crippen molar-refractivity contribution in [2.45, 2.75) is 32.4 Å². The first kappa shape index (κ1) is 13.7. The highest BCUT2D eigenvalue weighted by atomic mass is 19.2. The van der Waals surface area contributed by atoms with Crippen LogP contribution in [0.3, 0.4) is 0 Å². The summed E-state index contributed by atoms with van der Waals surface area (Å²) in [6, 6.07) is 1.01. The molecular formula is C13H16F3N3. The molecule has 104 valence electrons. The number of benzene rings is 1. The summed E-state index contributed by atoms with van der Waals surface area (Å²) < 4.78 is 40.1. The first-order chi connectivity index (χ1) is 8.95. The van der Waals surface area contributed by atoms with Crippen LogP contribution in [-0.4, -0.2) is 23.4 Å². The number of hydrogen-bond acceptors (Lipinski definition) is 3. The maximum Gasteiger partial charge on any atom is 0.192 e. The predicted octanol–water partition coefficient (Wildman–Crippen LogP) is 2.57. The fourth-order valence-electron chi connectivity index (χ4n) is 2.28. The van der Waals surface area contributed by atoms with Crippen molar-refractivity contribution in [3.8, 4) is 0 Å². The van der Waals surface area contributed by atoms with E-state index in [2.05, 4.69) is 4.99 Å². The van der Waals surface area contributed by atoms with Gasteiger partial charge in [-0.05, 0) is 19.4 Å². The Hall–Kier alpha value is -1.72. The van der Waals surface area contributed by atoms with Crippen LogP contribution in [0.15, 0.2) is 17.1 Å². The Kier molecular flexibility index (Phi) is 3.68. The molecule has 0 aliphatic carbocycles. The number of guanidine groups is 1. The van der Waals surface area contributed by atoms with Gasteiger partial charge in [-0.3, -0.25) is 4.99 Å². The zero-order chi connectivity index (χ0) is 14.2. The quantitative estimate of drug-likeness (QED) is 0.858. The topological polar surface area (TPSA) is 41.6 Å². The molecule has 0 fully saturated rings.